The quantitative estimate of drug-likeness (QED) is 0.0960. The molecule has 4 aromatic rings. The minimum atomic E-state index is -0.689. The Bertz CT molecular complexity index is 1510. The number of ether oxygens (including phenoxy) is 1. The molecule has 3 aromatic carbocycles. The molecule has 1 aromatic heterocycles. The summed E-state index contributed by atoms with van der Waals surface area (Å²) in [5.41, 5.74) is 4.38. The maximum absolute atomic E-state index is 12.4. The molecule has 0 bridgehead atoms. The molecule has 0 saturated carbocycles. The Morgan fingerprint density at radius 2 is 1.68 bits per heavy atom. The third-order valence-corrected chi connectivity index (χ3v) is 6.05. The Kier molecular flexibility index (Phi) is 8.15. The standard InChI is InChI=1S/C28H26N8O4/c37-25(21-8-7-11-23(18-21)36(38)39)40-24-14-12-20(13-15-24)19-29-34-27-31-26(30-22-9-3-1-4-10-22)32-28(33-27)35-16-5-2-6-17-35/h1,3-4,7-15,18-19H,2,5-6,16-17H2,(H2,30,31,32,33,34)/b29-19-. The summed E-state index contributed by atoms with van der Waals surface area (Å²) in [6.45, 7) is 1.77. The van der Waals surface area contributed by atoms with E-state index in [1.165, 1.54) is 30.7 Å². The molecular formula is C28H26N8O4. The minimum Gasteiger partial charge on any atom is -0.423 e. The van der Waals surface area contributed by atoms with Crippen LogP contribution in [0.15, 0.2) is 84.0 Å². The second-order valence-electron chi connectivity index (χ2n) is 8.96. The van der Waals surface area contributed by atoms with Gasteiger partial charge in [0.1, 0.15) is 5.75 Å². The van der Waals surface area contributed by atoms with Gasteiger partial charge in [0.2, 0.25) is 17.8 Å². The number of para-hydroxylation sites is 1. The van der Waals surface area contributed by atoms with Crippen molar-refractivity contribution in [2.45, 2.75) is 19.3 Å². The first-order valence-electron chi connectivity index (χ1n) is 12.7. The second kappa shape index (κ2) is 12.4. The number of aromatic nitrogens is 3. The molecule has 0 radical (unpaired) electrons. The van der Waals surface area contributed by atoms with Crippen molar-refractivity contribution in [2.75, 3.05) is 28.7 Å². The van der Waals surface area contributed by atoms with Gasteiger partial charge in [-0.1, -0.05) is 24.3 Å². The zero-order chi connectivity index (χ0) is 27.7. The van der Waals surface area contributed by atoms with E-state index in [1.807, 2.05) is 30.3 Å². The largest absolute Gasteiger partial charge is 0.423 e. The number of hydrogen-bond acceptors (Lipinski definition) is 11. The lowest BCUT2D eigenvalue weighted by atomic mass is 10.1. The van der Waals surface area contributed by atoms with E-state index in [2.05, 4.69) is 35.7 Å². The van der Waals surface area contributed by atoms with Gasteiger partial charge in [-0.15, -0.1) is 0 Å². The van der Waals surface area contributed by atoms with Gasteiger partial charge in [0.25, 0.3) is 5.69 Å². The second-order valence-corrected chi connectivity index (χ2v) is 8.96. The first-order valence-corrected chi connectivity index (χ1v) is 12.7. The van der Waals surface area contributed by atoms with Crippen LogP contribution < -0.4 is 20.4 Å². The summed E-state index contributed by atoms with van der Waals surface area (Å²) in [7, 11) is 0. The average Bonchev–Trinajstić information content (AvgIpc) is 2.99. The van der Waals surface area contributed by atoms with Crippen LogP contribution in [0, 0.1) is 10.1 Å². The number of nitro benzene ring substituents is 1. The van der Waals surface area contributed by atoms with E-state index < -0.39 is 10.9 Å². The highest BCUT2D eigenvalue weighted by atomic mass is 16.6. The average molecular weight is 539 g/mol. The number of piperidine rings is 1. The van der Waals surface area contributed by atoms with Crippen molar-refractivity contribution < 1.29 is 14.5 Å². The highest BCUT2D eigenvalue weighted by Crippen LogP contribution is 2.21. The molecule has 202 valence electrons. The number of benzene rings is 3. The lowest BCUT2D eigenvalue weighted by Crippen LogP contribution is -2.31. The zero-order valence-corrected chi connectivity index (χ0v) is 21.4. The summed E-state index contributed by atoms with van der Waals surface area (Å²) in [4.78, 5) is 38.5. The number of hydrogen-bond donors (Lipinski definition) is 2. The van der Waals surface area contributed by atoms with Crippen LogP contribution in [0.4, 0.5) is 29.2 Å². The van der Waals surface area contributed by atoms with Crippen molar-refractivity contribution in [1.82, 2.24) is 15.0 Å². The number of anilines is 4. The van der Waals surface area contributed by atoms with E-state index in [0.29, 0.717) is 23.6 Å². The van der Waals surface area contributed by atoms with E-state index in [-0.39, 0.29) is 11.3 Å². The summed E-state index contributed by atoms with van der Waals surface area (Å²) in [6.07, 6.45) is 4.95. The predicted molar refractivity (Wildman–Crippen MR) is 151 cm³/mol. The number of nitro groups is 1. The molecule has 5 rings (SSSR count). The highest BCUT2D eigenvalue weighted by molar-refractivity contribution is 5.91. The molecule has 2 N–H and O–H groups in total. The molecular weight excluding hydrogens is 512 g/mol. The smallest absolute Gasteiger partial charge is 0.343 e. The van der Waals surface area contributed by atoms with Gasteiger partial charge in [0, 0.05) is 30.9 Å². The van der Waals surface area contributed by atoms with Crippen molar-refractivity contribution in [3.05, 3.63) is 100 Å². The molecule has 1 aliphatic heterocycles. The molecule has 1 aliphatic rings. The van der Waals surface area contributed by atoms with Crippen LogP contribution >= 0.6 is 0 Å². The van der Waals surface area contributed by atoms with Crippen LogP contribution in [0.2, 0.25) is 0 Å². The van der Waals surface area contributed by atoms with Gasteiger partial charge in [0.05, 0.1) is 16.7 Å². The Balaban J connectivity index is 1.25. The maximum Gasteiger partial charge on any atom is 0.343 e. The number of carbonyl (C=O) groups is 1. The Hall–Kier alpha value is -5.39. The SMILES string of the molecule is O=C(Oc1ccc(/C=N\Nc2nc(Nc3ccccc3)nc(N3CCCCC3)n2)cc1)c1cccc([N+](=O)[O-])c1. The van der Waals surface area contributed by atoms with E-state index in [1.54, 1.807) is 30.5 Å². The number of rotatable bonds is 9. The number of nitrogens with zero attached hydrogens (tertiary/aromatic N) is 6. The topological polar surface area (TPSA) is 148 Å². The van der Waals surface area contributed by atoms with Gasteiger partial charge in [-0.25, -0.2) is 10.2 Å². The molecule has 40 heavy (non-hydrogen) atoms. The fourth-order valence-electron chi connectivity index (χ4n) is 4.06. The van der Waals surface area contributed by atoms with Crippen LogP contribution in [0.3, 0.4) is 0 Å². The number of esters is 1. The van der Waals surface area contributed by atoms with Crippen LogP contribution in [0.25, 0.3) is 0 Å². The van der Waals surface area contributed by atoms with Crippen molar-refractivity contribution >= 4 is 41.4 Å². The molecule has 0 unspecified atom stereocenters. The van der Waals surface area contributed by atoms with Gasteiger partial charge >= 0.3 is 5.97 Å². The molecule has 0 spiro atoms. The molecule has 12 heteroatoms. The lowest BCUT2D eigenvalue weighted by molar-refractivity contribution is -0.384. The molecule has 1 fully saturated rings. The molecule has 1 saturated heterocycles. The summed E-state index contributed by atoms with van der Waals surface area (Å²) in [5.74, 6) is 0.899. The van der Waals surface area contributed by atoms with E-state index in [4.69, 9.17) is 4.74 Å². The maximum atomic E-state index is 12.4. The van der Waals surface area contributed by atoms with Gasteiger partial charge in [0.15, 0.2) is 0 Å². The first-order chi connectivity index (χ1) is 19.5. The van der Waals surface area contributed by atoms with Crippen molar-refractivity contribution in [3.8, 4) is 5.75 Å². The number of hydrazone groups is 1. The highest BCUT2D eigenvalue weighted by Gasteiger charge is 2.17. The molecule has 0 aliphatic carbocycles. The summed E-state index contributed by atoms with van der Waals surface area (Å²) in [6, 6.07) is 21.7. The van der Waals surface area contributed by atoms with Crippen molar-refractivity contribution in [3.63, 3.8) is 0 Å². The van der Waals surface area contributed by atoms with Gasteiger partial charge in [-0.05, 0) is 67.3 Å². The summed E-state index contributed by atoms with van der Waals surface area (Å²) >= 11 is 0. The van der Waals surface area contributed by atoms with E-state index >= 15 is 0 Å². The number of non-ortho nitro benzene ring substituents is 1. The van der Waals surface area contributed by atoms with Gasteiger partial charge in [-0.2, -0.15) is 20.1 Å². The van der Waals surface area contributed by atoms with Crippen molar-refractivity contribution in [2.24, 2.45) is 5.10 Å². The molecule has 0 amide bonds. The summed E-state index contributed by atoms with van der Waals surface area (Å²) < 4.78 is 5.34. The number of nitrogens with one attached hydrogen (secondary N) is 2. The molecule has 0 atom stereocenters. The lowest BCUT2D eigenvalue weighted by Gasteiger charge is -2.26. The predicted octanol–water partition coefficient (Wildman–Crippen LogP) is 5.18. The third kappa shape index (κ3) is 6.92. The third-order valence-electron chi connectivity index (χ3n) is 6.05. The van der Waals surface area contributed by atoms with Gasteiger partial charge < -0.3 is 15.0 Å². The van der Waals surface area contributed by atoms with Crippen LogP contribution in [-0.2, 0) is 0 Å². The molecule has 2 heterocycles. The summed E-state index contributed by atoms with van der Waals surface area (Å²) in [5, 5.41) is 18.4. The monoisotopic (exact) mass is 538 g/mol. The van der Waals surface area contributed by atoms with Crippen molar-refractivity contribution in [1.29, 1.82) is 0 Å². The first kappa shape index (κ1) is 26.2. The Morgan fingerprint density at radius 3 is 2.42 bits per heavy atom. The fraction of sp³-hybridized carbons (Fsp3) is 0.179. The Labute approximate surface area is 229 Å². The Morgan fingerprint density at radius 1 is 0.925 bits per heavy atom. The molecule has 12 nitrogen and oxygen atoms in total. The normalized spacial score (nSPS) is 13.2. The van der Waals surface area contributed by atoms with E-state index in [0.717, 1.165) is 37.2 Å². The minimum absolute atomic E-state index is 0.0893. The zero-order valence-electron chi connectivity index (χ0n) is 21.4. The van der Waals surface area contributed by atoms with Crippen LogP contribution in [0.1, 0.15) is 35.2 Å². The fourth-order valence-corrected chi connectivity index (χ4v) is 4.06. The van der Waals surface area contributed by atoms with E-state index in [9.17, 15) is 14.9 Å². The van der Waals surface area contributed by atoms with Crippen LogP contribution in [0.5, 0.6) is 5.75 Å². The number of carbonyl (C=O) groups excluding carboxylic acids is 1. The van der Waals surface area contributed by atoms with Gasteiger partial charge in [-0.3, -0.25) is 10.1 Å². The van der Waals surface area contributed by atoms with Crippen LogP contribution in [-0.4, -0.2) is 45.1 Å².